The summed E-state index contributed by atoms with van der Waals surface area (Å²) in [5, 5.41) is 12.3. The van der Waals surface area contributed by atoms with Crippen molar-refractivity contribution in [3.8, 4) is 0 Å². The number of nitrogens with zero attached hydrogens (tertiary/aromatic N) is 1. The van der Waals surface area contributed by atoms with Gasteiger partial charge in [0.1, 0.15) is 0 Å². The number of nitrogens with one attached hydrogen (secondary N) is 1. The minimum atomic E-state index is -0.907. The fraction of sp³-hybridized carbons (Fsp3) is 0.467. The molecule has 0 saturated heterocycles. The Kier molecular flexibility index (Phi) is 7.02. The second-order valence-corrected chi connectivity index (χ2v) is 5.28. The largest absolute Gasteiger partial charge is 0.481 e. The fourth-order valence-electron chi connectivity index (χ4n) is 2.08. The number of urea groups is 1. The fourth-order valence-corrected chi connectivity index (χ4v) is 2.21. The van der Waals surface area contributed by atoms with Crippen molar-refractivity contribution in [3.63, 3.8) is 0 Å². The van der Waals surface area contributed by atoms with Gasteiger partial charge in [0.25, 0.3) is 0 Å². The molecule has 6 heteroatoms. The van der Waals surface area contributed by atoms with Crippen LogP contribution < -0.4 is 5.32 Å². The van der Waals surface area contributed by atoms with Crippen LogP contribution in [0, 0.1) is 0 Å². The van der Waals surface area contributed by atoms with Crippen molar-refractivity contribution in [1.82, 2.24) is 10.2 Å². The van der Waals surface area contributed by atoms with Gasteiger partial charge in [-0.3, -0.25) is 4.79 Å². The molecular weight excluding hydrogens is 292 g/mol. The lowest BCUT2D eigenvalue weighted by molar-refractivity contribution is -0.138. The van der Waals surface area contributed by atoms with E-state index in [4.69, 9.17) is 16.7 Å². The van der Waals surface area contributed by atoms with Gasteiger partial charge in [0.15, 0.2) is 0 Å². The first-order chi connectivity index (χ1) is 9.93. The van der Waals surface area contributed by atoms with E-state index in [0.717, 1.165) is 5.56 Å². The van der Waals surface area contributed by atoms with E-state index in [0.29, 0.717) is 24.5 Å². The molecule has 0 spiro atoms. The molecule has 0 aliphatic carbocycles. The molecule has 0 heterocycles. The summed E-state index contributed by atoms with van der Waals surface area (Å²) in [6.45, 7) is 4.53. The number of hydrogen-bond acceptors (Lipinski definition) is 2. The molecule has 2 amide bonds. The summed E-state index contributed by atoms with van der Waals surface area (Å²) in [5.41, 5.74) is 1.08. The molecule has 1 aromatic rings. The van der Waals surface area contributed by atoms with Gasteiger partial charge in [-0.25, -0.2) is 4.79 Å². The van der Waals surface area contributed by atoms with Crippen LogP contribution >= 0.6 is 11.6 Å². The Morgan fingerprint density at radius 2 is 1.95 bits per heavy atom. The molecule has 0 bridgehead atoms. The normalized spacial score (nSPS) is 11.8. The van der Waals surface area contributed by atoms with Gasteiger partial charge in [-0.05, 0) is 38.0 Å². The molecule has 0 radical (unpaired) electrons. The lowest BCUT2D eigenvalue weighted by Gasteiger charge is -2.27. The Hall–Kier alpha value is -1.75. The maximum Gasteiger partial charge on any atom is 0.317 e. The van der Waals surface area contributed by atoms with Crippen LogP contribution in [0.3, 0.4) is 0 Å². The number of carbonyl (C=O) groups is 2. The minimum Gasteiger partial charge on any atom is -0.481 e. The number of carboxylic acids is 1. The van der Waals surface area contributed by atoms with Crippen LogP contribution in [-0.4, -0.2) is 41.1 Å². The average Bonchev–Trinajstić information content (AvgIpc) is 2.41. The van der Waals surface area contributed by atoms with Crippen LogP contribution in [-0.2, 0) is 11.2 Å². The molecule has 116 valence electrons. The maximum atomic E-state index is 12.0. The third-order valence-corrected chi connectivity index (χ3v) is 3.46. The van der Waals surface area contributed by atoms with Gasteiger partial charge in [-0.2, -0.15) is 0 Å². The number of benzene rings is 1. The molecule has 1 unspecified atom stereocenters. The van der Waals surface area contributed by atoms with Crippen molar-refractivity contribution in [1.29, 1.82) is 0 Å². The number of carbonyl (C=O) groups excluding carboxylic acids is 1. The van der Waals surface area contributed by atoms with Crippen molar-refractivity contribution in [2.45, 2.75) is 32.7 Å². The zero-order valence-electron chi connectivity index (χ0n) is 12.3. The van der Waals surface area contributed by atoms with Gasteiger partial charge in [0.2, 0.25) is 0 Å². The lowest BCUT2D eigenvalue weighted by Crippen LogP contribution is -2.46. The third kappa shape index (κ3) is 6.04. The van der Waals surface area contributed by atoms with Crippen LogP contribution in [0.2, 0.25) is 5.02 Å². The van der Waals surface area contributed by atoms with E-state index in [2.05, 4.69) is 5.32 Å². The van der Waals surface area contributed by atoms with Crippen LogP contribution in [0.5, 0.6) is 0 Å². The summed E-state index contributed by atoms with van der Waals surface area (Å²) in [5.74, 6) is -0.907. The van der Waals surface area contributed by atoms with E-state index in [1.54, 1.807) is 6.92 Å². The smallest absolute Gasteiger partial charge is 0.317 e. The highest BCUT2D eigenvalue weighted by Gasteiger charge is 2.20. The number of amides is 2. The molecule has 1 atom stereocenters. The Morgan fingerprint density at radius 1 is 1.33 bits per heavy atom. The van der Waals surface area contributed by atoms with Gasteiger partial charge in [-0.1, -0.05) is 23.7 Å². The number of aliphatic carboxylic acids is 1. The highest BCUT2D eigenvalue weighted by Crippen LogP contribution is 2.09. The predicted molar refractivity (Wildman–Crippen MR) is 82.6 cm³/mol. The Bertz CT molecular complexity index is 476. The average molecular weight is 313 g/mol. The molecule has 0 fully saturated rings. The van der Waals surface area contributed by atoms with E-state index < -0.39 is 5.97 Å². The number of halogens is 1. The Morgan fingerprint density at radius 3 is 2.48 bits per heavy atom. The van der Waals surface area contributed by atoms with Gasteiger partial charge in [0, 0.05) is 24.2 Å². The van der Waals surface area contributed by atoms with Crippen molar-refractivity contribution >= 4 is 23.6 Å². The predicted octanol–water partition coefficient (Wildman–Crippen LogP) is 2.78. The standard InChI is InChI=1S/C15H21ClN2O3/c1-3-18(11(2)10-14(19)20)15(21)17-9-8-12-4-6-13(16)7-5-12/h4-7,11H,3,8-10H2,1-2H3,(H,17,21)(H,19,20). The monoisotopic (exact) mass is 312 g/mol. The molecular formula is C15H21ClN2O3. The van der Waals surface area contributed by atoms with Crippen molar-refractivity contribution in [3.05, 3.63) is 34.9 Å². The molecule has 1 rings (SSSR count). The Balaban J connectivity index is 2.43. The van der Waals surface area contributed by atoms with Crippen LogP contribution in [0.25, 0.3) is 0 Å². The number of hydrogen-bond donors (Lipinski definition) is 2. The van der Waals surface area contributed by atoms with Gasteiger partial charge in [0.05, 0.1) is 6.42 Å². The quantitative estimate of drug-likeness (QED) is 0.813. The zero-order chi connectivity index (χ0) is 15.8. The number of carboxylic acid groups (broad SMARTS) is 1. The zero-order valence-corrected chi connectivity index (χ0v) is 13.1. The molecule has 21 heavy (non-hydrogen) atoms. The molecule has 1 aromatic carbocycles. The first-order valence-corrected chi connectivity index (χ1v) is 7.32. The van der Waals surface area contributed by atoms with Gasteiger partial charge < -0.3 is 15.3 Å². The second-order valence-electron chi connectivity index (χ2n) is 4.84. The SMILES string of the molecule is CCN(C(=O)NCCc1ccc(Cl)cc1)C(C)CC(=O)O. The first-order valence-electron chi connectivity index (χ1n) is 6.94. The first kappa shape index (κ1) is 17.3. The summed E-state index contributed by atoms with van der Waals surface area (Å²) in [4.78, 5) is 24.3. The molecule has 0 aromatic heterocycles. The third-order valence-electron chi connectivity index (χ3n) is 3.21. The van der Waals surface area contributed by atoms with E-state index >= 15 is 0 Å². The summed E-state index contributed by atoms with van der Waals surface area (Å²) >= 11 is 5.81. The summed E-state index contributed by atoms with van der Waals surface area (Å²) in [7, 11) is 0. The molecule has 5 nitrogen and oxygen atoms in total. The van der Waals surface area contributed by atoms with Gasteiger partial charge in [-0.15, -0.1) is 0 Å². The number of rotatable bonds is 7. The van der Waals surface area contributed by atoms with Crippen LogP contribution in [0.4, 0.5) is 4.79 Å². The molecule has 2 N–H and O–H groups in total. The van der Waals surface area contributed by atoms with E-state index in [1.165, 1.54) is 4.90 Å². The second kappa shape index (κ2) is 8.52. The van der Waals surface area contributed by atoms with E-state index in [-0.39, 0.29) is 18.5 Å². The molecule has 0 saturated carbocycles. The van der Waals surface area contributed by atoms with E-state index in [1.807, 2.05) is 31.2 Å². The molecule has 0 aliphatic heterocycles. The minimum absolute atomic E-state index is 0.0571. The lowest BCUT2D eigenvalue weighted by atomic mass is 10.1. The highest BCUT2D eigenvalue weighted by atomic mass is 35.5. The summed E-state index contributed by atoms with van der Waals surface area (Å²) in [6.07, 6.45) is 0.645. The van der Waals surface area contributed by atoms with E-state index in [9.17, 15) is 9.59 Å². The van der Waals surface area contributed by atoms with Crippen molar-refractivity contribution < 1.29 is 14.7 Å². The van der Waals surface area contributed by atoms with Crippen molar-refractivity contribution in [2.75, 3.05) is 13.1 Å². The van der Waals surface area contributed by atoms with Crippen LogP contribution in [0.15, 0.2) is 24.3 Å². The van der Waals surface area contributed by atoms with Gasteiger partial charge >= 0.3 is 12.0 Å². The maximum absolute atomic E-state index is 12.0. The Labute approximate surface area is 129 Å². The molecule has 0 aliphatic rings. The summed E-state index contributed by atoms with van der Waals surface area (Å²) in [6, 6.07) is 6.89. The van der Waals surface area contributed by atoms with Crippen molar-refractivity contribution in [2.24, 2.45) is 0 Å². The summed E-state index contributed by atoms with van der Waals surface area (Å²) < 4.78 is 0. The van der Waals surface area contributed by atoms with Crippen LogP contribution in [0.1, 0.15) is 25.8 Å². The highest BCUT2D eigenvalue weighted by molar-refractivity contribution is 6.30. The topological polar surface area (TPSA) is 69.6 Å².